The standard InChI is InChI=1S/C7H8N2O2/c10-6-4-2-1-3-8-5(4)7(11)9-6/h3,9-11H,1-2H2. The summed E-state index contributed by atoms with van der Waals surface area (Å²) in [7, 11) is 0. The van der Waals surface area contributed by atoms with Gasteiger partial charge in [0.05, 0.1) is 0 Å². The summed E-state index contributed by atoms with van der Waals surface area (Å²) in [5.41, 5.74) is 1.19. The fourth-order valence-electron chi connectivity index (χ4n) is 1.24. The number of aromatic hydroxyl groups is 2. The van der Waals surface area contributed by atoms with Crippen molar-refractivity contribution < 1.29 is 10.2 Å². The van der Waals surface area contributed by atoms with Gasteiger partial charge in [0.25, 0.3) is 0 Å². The lowest BCUT2D eigenvalue weighted by atomic mass is 10.1. The van der Waals surface area contributed by atoms with E-state index < -0.39 is 0 Å². The lowest BCUT2D eigenvalue weighted by molar-refractivity contribution is 0.424. The molecule has 1 aromatic rings. The average molecular weight is 152 g/mol. The van der Waals surface area contributed by atoms with Crippen LogP contribution >= 0.6 is 0 Å². The van der Waals surface area contributed by atoms with E-state index in [4.69, 9.17) is 5.11 Å². The van der Waals surface area contributed by atoms with Crippen LogP contribution in [0, 0.1) is 0 Å². The van der Waals surface area contributed by atoms with Gasteiger partial charge in [-0.2, -0.15) is 0 Å². The number of nitrogens with one attached hydrogen (secondary N) is 1. The normalized spacial score (nSPS) is 14.9. The molecule has 4 nitrogen and oxygen atoms in total. The predicted octanol–water partition coefficient (Wildman–Crippen LogP) is 1.07. The first-order chi connectivity index (χ1) is 5.29. The van der Waals surface area contributed by atoms with Crippen LogP contribution in [0.1, 0.15) is 12.0 Å². The highest BCUT2D eigenvalue weighted by Crippen LogP contribution is 2.38. The van der Waals surface area contributed by atoms with Gasteiger partial charge in [-0.3, -0.25) is 9.98 Å². The molecule has 0 aromatic carbocycles. The third-order valence-corrected chi connectivity index (χ3v) is 1.78. The highest BCUT2D eigenvalue weighted by molar-refractivity contribution is 5.73. The SMILES string of the molecule is Oc1[nH]c(O)c2c1CCC=N2. The molecule has 2 heterocycles. The molecule has 0 saturated heterocycles. The van der Waals surface area contributed by atoms with Gasteiger partial charge in [0.15, 0.2) is 5.88 Å². The molecule has 1 aromatic heterocycles. The van der Waals surface area contributed by atoms with Gasteiger partial charge >= 0.3 is 0 Å². The quantitative estimate of drug-likeness (QED) is 0.520. The number of rotatable bonds is 0. The maximum atomic E-state index is 9.19. The zero-order valence-electron chi connectivity index (χ0n) is 5.83. The third kappa shape index (κ3) is 0.790. The summed E-state index contributed by atoms with van der Waals surface area (Å²) < 4.78 is 0. The minimum absolute atomic E-state index is 0.0364. The van der Waals surface area contributed by atoms with E-state index in [0.717, 1.165) is 12.8 Å². The minimum atomic E-state index is -0.0477. The molecule has 11 heavy (non-hydrogen) atoms. The Bertz CT molecular complexity index is 314. The van der Waals surface area contributed by atoms with E-state index in [1.807, 2.05) is 0 Å². The van der Waals surface area contributed by atoms with Gasteiger partial charge in [-0.05, 0) is 12.8 Å². The van der Waals surface area contributed by atoms with Crippen molar-refractivity contribution in [3.8, 4) is 11.8 Å². The van der Waals surface area contributed by atoms with Crippen molar-refractivity contribution >= 4 is 11.9 Å². The van der Waals surface area contributed by atoms with Crippen LogP contribution in [0.2, 0.25) is 0 Å². The number of hydrogen-bond donors (Lipinski definition) is 3. The first-order valence-corrected chi connectivity index (χ1v) is 3.44. The Morgan fingerprint density at radius 2 is 2.18 bits per heavy atom. The van der Waals surface area contributed by atoms with E-state index in [9.17, 15) is 5.11 Å². The first-order valence-electron chi connectivity index (χ1n) is 3.44. The summed E-state index contributed by atoms with van der Waals surface area (Å²) in [4.78, 5) is 6.36. The molecule has 1 aliphatic rings. The van der Waals surface area contributed by atoms with Crippen LogP contribution in [0.25, 0.3) is 0 Å². The largest absolute Gasteiger partial charge is 0.494 e. The summed E-state index contributed by atoms with van der Waals surface area (Å²) in [6.07, 6.45) is 3.29. The predicted molar refractivity (Wildman–Crippen MR) is 40.6 cm³/mol. The van der Waals surface area contributed by atoms with E-state index in [2.05, 4.69) is 9.98 Å². The van der Waals surface area contributed by atoms with Crippen LogP contribution < -0.4 is 0 Å². The molecule has 0 aliphatic carbocycles. The molecular formula is C7H8N2O2. The third-order valence-electron chi connectivity index (χ3n) is 1.78. The molecule has 0 saturated carbocycles. The number of hydrogen-bond acceptors (Lipinski definition) is 3. The minimum Gasteiger partial charge on any atom is -0.494 e. The average Bonchev–Trinajstić information content (AvgIpc) is 2.30. The van der Waals surface area contributed by atoms with E-state index in [1.54, 1.807) is 6.21 Å². The van der Waals surface area contributed by atoms with Gasteiger partial charge in [0.1, 0.15) is 5.69 Å². The van der Waals surface area contributed by atoms with Crippen LogP contribution in [0.15, 0.2) is 4.99 Å². The number of aromatic nitrogens is 1. The lowest BCUT2D eigenvalue weighted by Gasteiger charge is -2.02. The van der Waals surface area contributed by atoms with E-state index in [-0.39, 0.29) is 11.8 Å². The fraction of sp³-hybridized carbons (Fsp3) is 0.286. The summed E-state index contributed by atoms with van der Waals surface area (Å²) in [6.45, 7) is 0. The first kappa shape index (κ1) is 6.27. The number of aliphatic imine (C=N–C) groups is 1. The number of aromatic amines is 1. The summed E-state index contributed by atoms with van der Waals surface area (Å²) in [6, 6.07) is 0. The van der Waals surface area contributed by atoms with Gasteiger partial charge in [0, 0.05) is 11.8 Å². The maximum Gasteiger partial charge on any atom is 0.218 e. The van der Waals surface area contributed by atoms with Gasteiger partial charge in [0.2, 0.25) is 5.88 Å². The molecule has 0 fully saturated rings. The molecule has 0 radical (unpaired) electrons. The molecule has 4 heteroatoms. The van der Waals surface area contributed by atoms with E-state index in [0.29, 0.717) is 11.3 Å². The smallest absolute Gasteiger partial charge is 0.218 e. The van der Waals surface area contributed by atoms with E-state index >= 15 is 0 Å². The Hall–Kier alpha value is -1.45. The van der Waals surface area contributed by atoms with Crippen LogP contribution in [-0.2, 0) is 6.42 Å². The summed E-state index contributed by atoms with van der Waals surface area (Å²) in [5.74, 6) is -0.0113. The zero-order valence-corrected chi connectivity index (χ0v) is 5.83. The molecule has 0 spiro atoms. The summed E-state index contributed by atoms with van der Waals surface area (Å²) in [5, 5.41) is 18.3. The second-order valence-corrected chi connectivity index (χ2v) is 2.50. The lowest BCUT2D eigenvalue weighted by Crippen LogP contribution is -1.89. The Balaban J connectivity index is 2.63. The number of H-pyrrole nitrogens is 1. The van der Waals surface area contributed by atoms with Crippen LogP contribution in [-0.4, -0.2) is 21.4 Å². The Morgan fingerprint density at radius 3 is 2.91 bits per heavy atom. The Morgan fingerprint density at radius 1 is 1.36 bits per heavy atom. The zero-order chi connectivity index (χ0) is 7.84. The highest BCUT2D eigenvalue weighted by atomic mass is 16.3. The van der Waals surface area contributed by atoms with Crippen molar-refractivity contribution in [1.29, 1.82) is 0 Å². The van der Waals surface area contributed by atoms with Gasteiger partial charge in [-0.15, -0.1) is 0 Å². The second-order valence-electron chi connectivity index (χ2n) is 2.50. The molecular weight excluding hydrogens is 144 g/mol. The van der Waals surface area contributed by atoms with Crippen LogP contribution in [0.3, 0.4) is 0 Å². The van der Waals surface area contributed by atoms with Crippen molar-refractivity contribution in [2.75, 3.05) is 0 Å². The maximum absolute atomic E-state index is 9.19. The highest BCUT2D eigenvalue weighted by Gasteiger charge is 2.17. The van der Waals surface area contributed by atoms with Gasteiger partial charge in [-0.1, -0.05) is 0 Å². The van der Waals surface area contributed by atoms with Gasteiger partial charge < -0.3 is 10.2 Å². The van der Waals surface area contributed by atoms with Crippen molar-refractivity contribution in [2.24, 2.45) is 4.99 Å². The van der Waals surface area contributed by atoms with Crippen molar-refractivity contribution in [1.82, 2.24) is 4.98 Å². The monoisotopic (exact) mass is 152 g/mol. The topological polar surface area (TPSA) is 68.6 Å². The summed E-state index contributed by atoms with van der Waals surface area (Å²) >= 11 is 0. The van der Waals surface area contributed by atoms with Crippen LogP contribution in [0.5, 0.6) is 11.8 Å². The molecule has 1 aliphatic heterocycles. The molecule has 2 rings (SSSR count). The molecule has 3 N–H and O–H groups in total. The van der Waals surface area contributed by atoms with Crippen molar-refractivity contribution in [3.63, 3.8) is 0 Å². The van der Waals surface area contributed by atoms with Crippen LogP contribution in [0.4, 0.5) is 5.69 Å². The second kappa shape index (κ2) is 2.02. The number of fused-ring (bicyclic) bond motifs is 1. The number of nitrogens with zero attached hydrogens (tertiary/aromatic N) is 1. The molecule has 0 unspecified atom stereocenters. The van der Waals surface area contributed by atoms with E-state index in [1.165, 1.54) is 0 Å². The molecule has 0 bridgehead atoms. The Kier molecular flexibility index (Phi) is 1.15. The molecule has 0 amide bonds. The van der Waals surface area contributed by atoms with Gasteiger partial charge in [-0.25, -0.2) is 0 Å². The Labute approximate surface area is 63.2 Å². The van der Waals surface area contributed by atoms with Crippen molar-refractivity contribution in [2.45, 2.75) is 12.8 Å². The van der Waals surface area contributed by atoms with Crippen molar-refractivity contribution in [3.05, 3.63) is 5.56 Å². The molecule has 58 valence electrons. The fourth-order valence-corrected chi connectivity index (χ4v) is 1.24. The molecule has 0 atom stereocenters.